The molecular formula is C10H19N3O3. The summed E-state index contributed by atoms with van der Waals surface area (Å²) in [6.45, 7) is 7.82. The highest BCUT2D eigenvalue weighted by molar-refractivity contribution is 5.95. The zero-order chi connectivity index (χ0) is 12.6. The highest BCUT2D eigenvalue weighted by Gasteiger charge is 2.58. The zero-order valence-electron chi connectivity index (χ0n) is 10.4. The maximum Gasteiger partial charge on any atom is 0.318 e. The lowest BCUT2D eigenvalue weighted by Gasteiger charge is -2.39. The van der Waals surface area contributed by atoms with Gasteiger partial charge in [-0.3, -0.25) is 9.63 Å². The predicted octanol–water partition coefficient (Wildman–Crippen LogP) is 0.246. The fourth-order valence-corrected chi connectivity index (χ4v) is 2.03. The van der Waals surface area contributed by atoms with Gasteiger partial charge in [-0.2, -0.15) is 0 Å². The molecule has 1 fully saturated rings. The van der Waals surface area contributed by atoms with Gasteiger partial charge in [0.2, 0.25) is 0 Å². The molecule has 1 rings (SSSR count). The minimum atomic E-state index is -1.00. The van der Waals surface area contributed by atoms with Crippen molar-refractivity contribution in [3.05, 3.63) is 0 Å². The Balaban J connectivity index is 3.06. The Morgan fingerprint density at radius 2 is 2.06 bits per heavy atom. The summed E-state index contributed by atoms with van der Waals surface area (Å²) in [5.74, 6) is -0.357. The van der Waals surface area contributed by atoms with E-state index in [1.54, 1.807) is 11.8 Å². The van der Waals surface area contributed by atoms with Crippen LogP contribution in [0.1, 0.15) is 27.7 Å². The summed E-state index contributed by atoms with van der Waals surface area (Å²) in [7, 11) is 1.36. The number of hydroxylamine groups is 1. The van der Waals surface area contributed by atoms with Crippen LogP contribution in [0.15, 0.2) is 0 Å². The molecule has 1 aliphatic rings. The van der Waals surface area contributed by atoms with Crippen molar-refractivity contribution < 1.29 is 14.4 Å². The zero-order valence-corrected chi connectivity index (χ0v) is 10.4. The third kappa shape index (κ3) is 1.53. The van der Waals surface area contributed by atoms with Crippen LogP contribution in [0.5, 0.6) is 0 Å². The van der Waals surface area contributed by atoms with Gasteiger partial charge < -0.3 is 10.2 Å². The quantitative estimate of drug-likeness (QED) is 0.681. The van der Waals surface area contributed by atoms with E-state index in [0.29, 0.717) is 6.54 Å². The Morgan fingerprint density at radius 3 is 2.44 bits per heavy atom. The third-order valence-corrected chi connectivity index (χ3v) is 3.47. The predicted molar refractivity (Wildman–Crippen MR) is 58.5 cm³/mol. The molecule has 92 valence electrons. The summed E-state index contributed by atoms with van der Waals surface area (Å²) in [6.07, 6.45) is 0. The van der Waals surface area contributed by atoms with Gasteiger partial charge in [0, 0.05) is 6.54 Å². The molecule has 0 aliphatic carbocycles. The van der Waals surface area contributed by atoms with Crippen molar-refractivity contribution in [3.63, 3.8) is 0 Å². The molecule has 16 heavy (non-hydrogen) atoms. The van der Waals surface area contributed by atoms with Crippen molar-refractivity contribution in [2.24, 2.45) is 0 Å². The second-order valence-corrected chi connectivity index (χ2v) is 4.49. The first kappa shape index (κ1) is 12.8. The molecule has 1 saturated heterocycles. The van der Waals surface area contributed by atoms with Gasteiger partial charge in [-0.15, -0.1) is 0 Å². The van der Waals surface area contributed by atoms with Crippen molar-refractivity contribution in [1.82, 2.24) is 15.7 Å². The highest BCUT2D eigenvalue weighted by Crippen LogP contribution is 2.34. The van der Waals surface area contributed by atoms with Crippen LogP contribution in [0.25, 0.3) is 0 Å². The van der Waals surface area contributed by atoms with Gasteiger partial charge in [0.25, 0.3) is 5.91 Å². The molecule has 2 N–H and O–H groups in total. The van der Waals surface area contributed by atoms with Gasteiger partial charge in [0.1, 0.15) is 5.54 Å². The third-order valence-electron chi connectivity index (χ3n) is 3.47. The first-order valence-electron chi connectivity index (χ1n) is 5.24. The molecule has 1 atom stereocenters. The normalized spacial score (nSPS) is 27.8. The first-order valence-corrected chi connectivity index (χ1v) is 5.24. The molecule has 1 aliphatic heterocycles. The maximum absolute atomic E-state index is 11.9. The Bertz CT molecular complexity index is 316. The standard InChI is InChI=1S/C10H19N3O3/c1-6-13-8(15)11-10(4,9(13,2)3)7(14)12-16-5/h6H2,1-5H3,(H,11,15)(H,12,14). The van der Waals surface area contributed by atoms with Gasteiger partial charge in [-0.1, -0.05) is 0 Å². The lowest BCUT2D eigenvalue weighted by Crippen LogP contribution is -2.63. The molecule has 6 nitrogen and oxygen atoms in total. The second kappa shape index (κ2) is 3.93. The van der Waals surface area contributed by atoms with E-state index < -0.39 is 11.1 Å². The highest BCUT2D eigenvalue weighted by atomic mass is 16.6. The Morgan fingerprint density at radius 1 is 1.50 bits per heavy atom. The minimum Gasteiger partial charge on any atom is -0.321 e. The van der Waals surface area contributed by atoms with E-state index in [-0.39, 0.29) is 11.9 Å². The summed E-state index contributed by atoms with van der Waals surface area (Å²) in [5, 5.41) is 2.70. The molecule has 0 aromatic heterocycles. The molecule has 6 heteroatoms. The van der Waals surface area contributed by atoms with Gasteiger partial charge in [-0.25, -0.2) is 10.3 Å². The lowest BCUT2D eigenvalue weighted by molar-refractivity contribution is -0.140. The van der Waals surface area contributed by atoms with Gasteiger partial charge >= 0.3 is 6.03 Å². The number of hydrogen-bond acceptors (Lipinski definition) is 3. The van der Waals surface area contributed by atoms with Crippen LogP contribution >= 0.6 is 0 Å². The smallest absolute Gasteiger partial charge is 0.318 e. The Labute approximate surface area is 95.3 Å². The fraction of sp³-hybridized carbons (Fsp3) is 0.800. The summed E-state index contributed by atoms with van der Waals surface area (Å²) >= 11 is 0. The number of nitrogens with zero attached hydrogens (tertiary/aromatic N) is 1. The Hall–Kier alpha value is -1.30. The minimum absolute atomic E-state index is 0.235. The number of hydrogen-bond donors (Lipinski definition) is 2. The van der Waals surface area contributed by atoms with Crippen LogP contribution in [-0.4, -0.2) is 41.6 Å². The van der Waals surface area contributed by atoms with Crippen LogP contribution in [0, 0.1) is 0 Å². The van der Waals surface area contributed by atoms with Crippen LogP contribution < -0.4 is 10.8 Å². The van der Waals surface area contributed by atoms with Crippen molar-refractivity contribution in [1.29, 1.82) is 0 Å². The van der Waals surface area contributed by atoms with Crippen molar-refractivity contribution in [2.75, 3.05) is 13.7 Å². The number of rotatable bonds is 3. The summed E-state index contributed by atoms with van der Waals surface area (Å²) in [5.41, 5.74) is 0.655. The molecule has 0 radical (unpaired) electrons. The molecule has 1 unspecified atom stereocenters. The number of carbonyl (C=O) groups excluding carboxylic acids is 2. The van der Waals surface area contributed by atoms with E-state index in [0.717, 1.165) is 0 Å². The van der Waals surface area contributed by atoms with Crippen LogP contribution in [-0.2, 0) is 9.63 Å². The van der Waals surface area contributed by atoms with E-state index in [9.17, 15) is 9.59 Å². The average molecular weight is 229 g/mol. The molecule has 0 aromatic rings. The van der Waals surface area contributed by atoms with Crippen LogP contribution in [0.2, 0.25) is 0 Å². The molecule has 0 spiro atoms. The van der Waals surface area contributed by atoms with E-state index in [4.69, 9.17) is 0 Å². The Kier molecular flexibility index (Phi) is 3.14. The van der Waals surface area contributed by atoms with Crippen molar-refractivity contribution in [3.8, 4) is 0 Å². The number of amides is 3. The SMILES string of the molecule is CCN1C(=O)NC(C)(C(=O)NOC)C1(C)C. The van der Waals surface area contributed by atoms with Crippen LogP contribution in [0.4, 0.5) is 4.79 Å². The van der Waals surface area contributed by atoms with E-state index in [1.807, 2.05) is 20.8 Å². The second-order valence-electron chi connectivity index (χ2n) is 4.49. The fourth-order valence-electron chi connectivity index (χ4n) is 2.03. The van der Waals surface area contributed by atoms with Crippen molar-refractivity contribution in [2.45, 2.75) is 38.8 Å². The van der Waals surface area contributed by atoms with E-state index in [1.165, 1.54) is 7.11 Å². The van der Waals surface area contributed by atoms with Crippen LogP contribution in [0.3, 0.4) is 0 Å². The van der Waals surface area contributed by atoms with E-state index >= 15 is 0 Å². The maximum atomic E-state index is 11.9. The van der Waals surface area contributed by atoms with Gasteiger partial charge in [0.15, 0.2) is 0 Å². The van der Waals surface area contributed by atoms with E-state index in [2.05, 4.69) is 15.6 Å². The first-order chi connectivity index (χ1) is 7.31. The molecule has 3 amide bonds. The van der Waals surface area contributed by atoms with Gasteiger partial charge in [0.05, 0.1) is 12.6 Å². The monoisotopic (exact) mass is 229 g/mol. The summed E-state index contributed by atoms with van der Waals surface area (Å²) in [4.78, 5) is 29.9. The summed E-state index contributed by atoms with van der Waals surface area (Å²) in [6, 6.07) is -0.235. The molecule has 0 bridgehead atoms. The lowest BCUT2D eigenvalue weighted by atomic mass is 9.81. The topological polar surface area (TPSA) is 70.7 Å². The van der Waals surface area contributed by atoms with Gasteiger partial charge in [-0.05, 0) is 27.7 Å². The molecule has 0 aromatic carbocycles. The van der Waals surface area contributed by atoms with Crippen molar-refractivity contribution >= 4 is 11.9 Å². The largest absolute Gasteiger partial charge is 0.321 e. The number of carbonyl (C=O) groups is 2. The molecular weight excluding hydrogens is 210 g/mol. The average Bonchev–Trinajstić information content (AvgIpc) is 2.34. The number of nitrogens with one attached hydrogen (secondary N) is 2. The number of likely N-dealkylation sites (N-methyl/N-ethyl adjacent to an activating group) is 1. The molecule has 1 heterocycles. The molecule has 0 saturated carbocycles. The number of urea groups is 1. The summed E-state index contributed by atoms with van der Waals surface area (Å²) < 4.78 is 0.